The Morgan fingerprint density at radius 2 is 2.33 bits per heavy atom. The van der Waals surface area contributed by atoms with Gasteiger partial charge in [0.1, 0.15) is 11.5 Å². The molecule has 0 aliphatic carbocycles. The molecule has 1 aliphatic heterocycles. The second-order valence-electron chi connectivity index (χ2n) is 3.73. The largest absolute Gasteiger partial charge is 0.469 e. The molecule has 1 atom stereocenters. The van der Waals surface area contributed by atoms with Crippen molar-refractivity contribution >= 4 is 45.2 Å². The first-order chi connectivity index (χ1) is 8.54. The van der Waals surface area contributed by atoms with Crippen LogP contribution < -0.4 is 4.90 Å². The molecule has 0 N–H and O–H groups in total. The minimum Gasteiger partial charge on any atom is -0.469 e. The first-order valence-electron chi connectivity index (χ1n) is 5.08. The Balaban J connectivity index is 2.27. The standard InChI is InChI=1S/C10H9BrClN3O3/c1-18-10(17)5-2-6(16)15(3-5)9-7(11)8(12)13-4-14-9/h4-5H,2-3H2,1H3. The van der Waals surface area contributed by atoms with Gasteiger partial charge in [-0.25, -0.2) is 9.97 Å². The van der Waals surface area contributed by atoms with E-state index in [1.54, 1.807) is 0 Å². The highest BCUT2D eigenvalue weighted by atomic mass is 79.9. The van der Waals surface area contributed by atoms with Gasteiger partial charge in [-0.05, 0) is 15.9 Å². The highest BCUT2D eigenvalue weighted by molar-refractivity contribution is 9.10. The predicted octanol–water partition coefficient (Wildman–Crippen LogP) is 1.42. The second-order valence-corrected chi connectivity index (χ2v) is 4.88. The van der Waals surface area contributed by atoms with E-state index in [0.29, 0.717) is 10.3 Å². The van der Waals surface area contributed by atoms with Crippen molar-refractivity contribution in [2.75, 3.05) is 18.6 Å². The Labute approximate surface area is 116 Å². The van der Waals surface area contributed by atoms with Crippen molar-refractivity contribution in [2.45, 2.75) is 6.42 Å². The van der Waals surface area contributed by atoms with E-state index < -0.39 is 11.9 Å². The van der Waals surface area contributed by atoms with Crippen molar-refractivity contribution in [3.8, 4) is 0 Å². The summed E-state index contributed by atoms with van der Waals surface area (Å²) in [7, 11) is 1.30. The molecule has 2 heterocycles. The number of nitrogens with zero attached hydrogens (tertiary/aromatic N) is 3. The van der Waals surface area contributed by atoms with Crippen molar-refractivity contribution in [2.24, 2.45) is 5.92 Å². The molecule has 1 saturated heterocycles. The molecule has 2 rings (SSSR count). The monoisotopic (exact) mass is 333 g/mol. The van der Waals surface area contributed by atoms with Gasteiger partial charge in [-0.2, -0.15) is 0 Å². The molecule has 1 aliphatic rings. The second kappa shape index (κ2) is 5.19. The molecule has 1 aromatic rings. The summed E-state index contributed by atoms with van der Waals surface area (Å²) in [5, 5.41) is 0.217. The highest BCUT2D eigenvalue weighted by Crippen LogP contribution is 2.33. The van der Waals surface area contributed by atoms with Crippen LogP contribution in [0.1, 0.15) is 6.42 Å². The maximum atomic E-state index is 11.9. The van der Waals surface area contributed by atoms with Crippen LogP contribution in [0, 0.1) is 5.92 Å². The Hall–Kier alpha value is -1.21. The lowest BCUT2D eigenvalue weighted by Gasteiger charge is -2.16. The van der Waals surface area contributed by atoms with Gasteiger partial charge in [-0.1, -0.05) is 11.6 Å². The van der Waals surface area contributed by atoms with Crippen molar-refractivity contribution < 1.29 is 14.3 Å². The fraction of sp³-hybridized carbons (Fsp3) is 0.400. The maximum absolute atomic E-state index is 11.9. The molecule has 18 heavy (non-hydrogen) atoms. The molecule has 0 radical (unpaired) electrons. The maximum Gasteiger partial charge on any atom is 0.311 e. The molecule has 1 unspecified atom stereocenters. The number of hydrogen-bond acceptors (Lipinski definition) is 5. The van der Waals surface area contributed by atoms with Crippen molar-refractivity contribution in [1.82, 2.24) is 9.97 Å². The lowest BCUT2D eigenvalue weighted by atomic mass is 10.1. The van der Waals surface area contributed by atoms with Crippen LogP contribution in [0.15, 0.2) is 10.8 Å². The zero-order chi connectivity index (χ0) is 13.3. The molecular formula is C10H9BrClN3O3. The average Bonchev–Trinajstić information content (AvgIpc) is 2.74. The Morgan fingerprint density at radius 1 is 1.61 bits per heavy atom. The number of halogens is 2. The van der Waals surface area contributed by atoms with E-state index in [1.807, 2.05) is 0 Å². The molecule has 8 heteroatoms. The first kappa shape index (κ1) is 13.2. The third-order valence-electron chi connectivity index (χ3n) is 2.64. The van der Waals surface area contributed by atoms with Gasteiger partial charge in [0, 0.05) is 13.0 Å². The smallest absolute Gasteiger partial charge is 0.311 e. The molecule has 0 aromatic carbocycles. The minimum absolute atomic E-state index is 0.112. The van der Waals surface area contributed by atoms with Crippen molar-refractivity contribution in [3.63, 3.8) is 0 Å². The molecule has 1 fully saturated rings. The van der Waals surface area contributed by atoms with Crippen LogP contribution in [0.5, 0.6) is 0 Å². The van der Waals surface area contributed by atoms with E-state index in [1.165, 1.54) is 18.3 Å². The fourth-order valence-corrected chi connectivity index (χ4v) is 2.31. The van der Waals surface area contributed by atoms with Crippen LogP contribution in [0.3, 0.4) is 0 Å². The summed E-state index contributed by atoms with van der Waals surface area (Å²) in [5.74, 6) is -0.697. The van der Waals surface area contributed by atoms with Gasteiger partial charge in [-0.3, -0.25) is 14.5 Å². The minimum atomic E-state index is -0.469. The molecule has 0 bridgehead atoms. The van der Waals surface area contributed by atoms with Gasteiger partial charge in [0.2, 0.25) is 5.91 Å². The molecule has 0 spiro atoms. The summed E-state index contributed by atoms with van der Waals surface area (Å²) in [4.78, 5) is 32.5. The van der Waals surface area contributed by atoms with E-state index in [-0.39, 0.29) is 24.0 Å². The van der Waals surface area contributed by atoms with Crippen LogP contribution in [-0.2, 0) is 14.3 Å². The van der Waals surface area contributed by atoms with Crippen molar-refractivity contribution in [3.05, 3.63) is 16.0 Å². The molecule has 96 valence electrons. The number of carbonyl (C=O) groups is 2. The van der Waals surface area contributed by atoms with Gasteiger partial charge in [-0.15, -0.1) is 0 Å². The molecule has 6 nitrogen and oxygen atoms in total. The SMILES string of the molecule is COC(=O)C1CC(=O)N(c2ncnc(Cl)c2Br)C1. The number of aromatic nitrogens is 2. The number of rotatable bonds is 2. The van der Waals surface area contributed by atoms with E-state index in [2.05, 4.69) is 30.6 Å². The van der Waals surface area contributed by atoms with E-state index in [9.17, 15) is 9.59 Å². The van der Waals surface area contributed by atoms with Gasteiger partial charge in [0.25, 0.3) is 0 Å². The van der Waals surface area contributed by atoms with Gasteiger partial charge >= 0.3 is 5.97 Å². The van der Waals surface area contributed by atoms with Crippen LogP contribution in [-0.4, -0.2) is 35.5 Å². The van der Waals surface area contributed by atoms with Gasteiger partial charge < -0.3 is 4.74 Å². The highest BCUT2D eigenvalue weighted by Gasteiger charge is 2.37. The quantitative estimate of drug-likeness (QED) is 0.604. The number of ether oxygens (including phenoxy) is 1. The van der Waals surface area contributed by atoms with Gasteiger partial charge in [0.15, 0.2) is 5.82 Å². The first-order valence-corrected chi connectivity index (χ1v) is 6.26. The van der Waals surface area contributed by atoms with Crippen LogP contribution in [0.4, 0.5) is 5.82 Å². The number of carbonyl (C=O) groups excluding carboxylic acids is 2. The Kier molecular flexibility index (Phi) is 3.82. The van der Waals surface area contributed by atoms with E-state index in [0.717, 1.165) is 0 Å². The lowest BCUT2D eigenvalue weighted by molar-refractivity contribution is -0.145. The zero-order valence-electron chi connectivity index (χ0n) is 9.39. The van der Waals surface area contributed by atoms with E-state index >= 15 is 0 Å². The number of esters is 1. The van der Waals surface area contributed by atoms with Crippen LogP contribution in [0.25, 0.3) is 0 Å². The van der Waals surface area contributed by atoms with Gasteiger partial charge in [0.05, 0.1) is 17.5 Å². The zero-order valence-corrected chi connectivity index (χ0v) is 11.7. The molecule has 0 saturated carbocycles. The summed E-state index contributed by atoms with van der Waals surface area (Å²) >= 11 is 9.06. The Bertz CT molecular complexity index is 511. The predicted molar refractivity (Wildman–Crippen MR) is 67.2 cm³/mol. The molecule has 1 amide bonds. The number of amides is 1. The number of anilines is 1. The lowest BCUT2D eigenvalue weighted by Crippen LogP contribution is -2.27. The average molecular weight is 335 g/mol. The molecule has 1 aromatic heterocycles. The van der Waals surface area contributed by atoms with Crippen LogP contribution in [0.2, 0.25) is 5.15 Å². The van der Waals surface area contributed by atoms with E-state index in [4.69, 9.17) is 11.6 Å². The summed E-state index contributed by atoms with van der Waals surface area (Å²) < 4.78 is 5.07. The summed E-state index contributed by atoms with van der Waals surface area (Å²) in [5.41, 5.74) is 0. The summed E-state index contributed by atoms with van der Waals surface area (Å²) in [6.45, 7) is 0.234. The van der Waals surface area contributed by atoms with Crippen LogP contribution >= 0.6 is 27.5 Å². The number of methoxy groups -OCH3 is 1. The topological polar surface area (TPSA) is 72.4 Å². The molecular weight excluding hydrogens is 325 g/mol. The Morgan fingerprint density at radius 3 is 3.00 bits per heavy atom. The number of hydrogen-bond donors (Lipinski definition) is 0. The summed E-state index contributed by atoms with van der Waals surface area (Å²) in [6, 6.07) is 0. The normalized spacial score (nSPS) is 19.2. The fourth-order valence-electron chi connectivity index (χ4n) is 1.76. The van der Waals surface area contributed by atoms with Crippen molar-refractivity contribution in [1.29, 1.82) is 0 Å². The third-order valence-corrected chi connectivity index (χ3v) is 3.89. The summed E-state index contributed by atoms with van der Waals surface area (Å²) in [6.07, 6.45) is 1.38. The third kappa shape index (κ3) is 2.32.